The van der Waals surface area contributed by atoms with Crippen molar-refractivity contribution in [3.05, 3.63) is 205 Å². The second-order valence-electron chi connectivity index (χ2n) is 22.9. The third-order valence-corrected chi connectivity index (χ3v) is 14.8. The van der Waals surface area contributed by atoms with Crippen LogP contribution in [0.3, 0.4) is 0 Å². The van der Waals surface area contributed by atoms with Gasteiger partial charge in [0.05, 0.1) is 28.0 Å². The molecule has 3 heterocycles. The van der Waals surface area contributed by atoms with Crippen molar-refractivity contribution in [2.24, 2.45) is 0 Å². The molecule has 1 N–H and O–H groups in total. The van der Waals surface area contributed by atoms with Gasteiger partial charge >= 0.3 is 0 Å². The number of aromatic nitrogens is 3. The van der Waals surface area contributed by atoms with Crippen molar-refractivity contribution in [1.82, 2.24) is 14.5 Å². The first-order chi connectivity index (χ1) is 35.0. The summed E-state index contributed by atoms with van der Waals surface area (Å²) in [5.41, 5.74) is 15.5. The molecule has 9 aromatic carbocycles. The molecule has 358 valence electrons. The first-order valence-electron chi connectivity index (χ1n) is 25.4. The number of fused-ring (bicyclic) bond motifs is 7. The molecule has 0 saturated carbocycles. The molecular weight excluding hydrogens is 891 g/mol. The second-order valence-corrected chi connectivity index (χ2v) is 22.9. The van der Waals surface area contributed by atoms with E-state index in [0.29, 0.717) is 11.4 Å². The van der Waals surface area contributed by atoms with Crippen LogP contribution >= 0.6 is 0 Å². The van der Waals surface area contributed by atoms with Crippen LogP contribution in [0.2, 0.25) is 0 Å². The maximum Gasteiger partial charge on any atom is 0.149 e. The van der Waals surface area contributed by atoms with Crippen LogP contribution in [0.15, 0.2) is 193 Å². The highest BCUT2D eigenvalue weighted by Crippen LogP contribution is 2.48. The molecule has 5 nitrogen and oxygen atoms in total. The van der Waals surface area contributed by atoms with E-state index in [2.05, 4.69) is 243 Å². The molecule has 0 aliphatic rings. The fraction of sp³-hybridized carbons (Fsp3) is 0.176. The molecule has 0 atom stereocenters. The molecule has 0 unspecified atom stereocenters. The van der Waals surface area contributed by atoms with Crippen LogP contribution in [0.1, 0.15) is 79.0 Å². The van der Waals surface area contributed by atoms with Gasteiger partial charge < -0.3 is 9.52 Å². The van der Waals surface area contributed by atoms with Crippen molar-refractivity contribution in [2.45, 2.75) is 78.6 Å². The normalized spacial score (nSPS) is 12.5. The largest absolute Gasteiger partial charge is 0.507 e. The maximum atomic E-state index is 12.7. The van der Waals surface area contributed by atoms with Gasteiger partial charge in [-0.3, -0.25) is 9.55 Å². The molecule has 0 radical (unpaired) electrons. The van der Waals surface area contributed by atoms with E-state index in [1.54, 1.807) is 0 Å². The highest BCUT2D eigenvalue weighted by Gasteiger charge is 2.30. The van der Waals surface area contributed by atoms with Crippen LogP contribution in [0, 0.1) is 0 Å². The smallest absolute Gasteiger partial charge is 0.149 e. The molecule has 12 aromatic rings. The number of para-hydroxylation sites is 1. The summed E-state index contributed by atoms with van der Waals surface area (Å²) < 4.78 is 9.43. The zero-order valence-corrected chi connectivity index (χ0v) is 43.1. The van der Waals surface area contributed by atoms with E-state index in [4.69, 9.17) is 14.4 Å². The molecule has 0 bridgehead atoms. The first-order valence-corrected chi connectivity index (χ1v) is 25.4. The Labute approximate surface area is 427 Å². The highest BCUT2D eigenvalue weighted by atomic mass is 16.3. The van der Waals surface area contributed by atoms with Crippen molar-refractivity contribution in [3.63, 3.8) is 0 Å². The fourth-order valence-corrected chi connectivity index (χ4v) is 10.7. The molecule has 0 aliphatic heterocycles. The Morgan fingerprint density at radius 3 is 1.89 bits per heavy atom. The van der Waals surface area contributed by atoms with E-state index in [1.165, 1.54) is 21.7 Å². The lowest BCUT2D eigenvalue weighted by Gasteiger charge is -2.28. The van der Waals surface area contributed by atoms with Crippen LogP contribution in [0.5, 0.6) is 5.75 Å². The summed E-state index contributed by atoms with van der Waals surface area (Å²) in [5.74, 6) is 0.890. The minimum atomic E-state index is -0.359. The highest BCUT2D eigenvalue weighted by molar-refractivity contribution is 6.19. The summed E-state index contributed by atoms with van der Waals surface area (Å²) in [5, 5.41) is 19.5. The molecule has 5 heteroatoms. The van der Waals surface area contributed by atoms with Crippen molar-refractivity contribution in [1.29, 1.82) is 0 Å². The third kappa shape index (κ3) is 7.95. The summed E-state index contributed by atoms with van der Waals surface area (Å²) >= 11 is 0. The van der Waals surface area contributed by atoms with E-state index in [9.17, 15) is 5.11 Å². The number of phenolic OH excluding ortho intramolecular Hbond substituents is 1. The summed E-state index contributed by atoms with van der Waals surface area (Å²) in [4.78, 5) is 10.8. The van der Waals surface area contributed by atoms with Crippen LogP contribution in [-0.4, -0.2) is 19.6 Å². The Hall–Kier alpha value is -8.28. The van der Waals surface area contributed by atoms with Crippen LogP contribution in [0.4, 0.5) is 0 Å². The van der Waals surface area contributed by atoms with E-state index in [-0.39, 0.29) is 22.0 Å². The fourth-order valence-electron chi connectivity index (χ4n) is 10.7. The summed E-state index contributed by atoms with van der Waals surface area (Å²) in [6, 6.07) is 64.9. The third-order valence-electron chi connectivity index (χ3n) is 14.8. The number of pyridine rings is 1. The van der Waals surface area contributed by atoms with Crippen LogP contribution in [-0.2, 0) is 16.2 Å². The topological polar surface area (TPSA) is 64.1 Å². The maximum absolute atomic E-state index is 12.7. The average molecular weight is 950 g/mol. The van der Waals surface area contributed by atoms with Crippen molar-refractivity contribution in [2.75, 3.05) is 0 Å². The van der Waals surface area contributed by atoms with Gasteiger partial charge in [0.25, 0.3) is 0 Å². The number of phenols is 1. The average Bonchev–Trinajstić information content (AvgIpc) is 3.95. The Balaban J connectivity index is 1.20. The number of hydrogen-bond donors (Lipinski definition) is 1. The van der Waals surface area contributed by atoms with Gasteiger partial charge in [-0.25, -0.2) is 4.98 Å². The monoisotopic (exact) mass is 949 g/mol. The Morgan fingerprint density at radius 2 is 1.15 bits per heavy atom. The summed E-state index contributed by atoms with van der Waals surface area (Å²) in [6.07, 6.45) is 1.91. The molecular formula is C68H59N3O2. The van der Waals surface area contributed by atoms with Crippen LogP contribution in [0.25, 0.3) is 116 Å². The Morgan fingerprint density at radius 1 is 0.452 bits per heavy atom. The number of aromatic hydroxyl groups is 1. The van der Waals surface area contributed by atoms with E-state index >= 15 is 0 Å². The second kappa shape index (κ2) is 16.9. The van der Waals surface area contributed by atoms with Gasteiger partial charge in [0.1, 0.15) is 22.7 Å². The number of benzene rings is 9. The van der Waals surface area contributed by atoms with Gasteiger partial charge in [0, 0.05) is 44.8 Å². The van der Waals surface area contributed by atoms with Gasteiger partial charge in [-0.2, -0.15) is 0 Å². The predicted octanol–water partition coefficient (Wildman–Crippen LogP) is 18.6. The number of rotatable bonds is 6. The Bertz CT molecular complexity index is 4140. The van der Waals surface area contributed by atoms with Gasteiger partial charge in [-0.1, -0.05) is 184 Å². The van der Waals surface area contributed by atoms with E-state index in [0.717, 1.165) is 99.8 Å². The number of nitrogens with zero attached hydrogens (tertiary/aromatic N) is 3. The van der Waals surface area contributed by atoms with E-state index < -0.39 is 0 Å². The van der Waals surface area contributed by atoms with Crippen LogP contribution < -0.4 is 0 Å². The lowest BCUT2D eigenvalue weighted by Crippen LogP contribution is -2.17. The molecule has 12 rings (SSSR count). The molecule has 3 aromatic heterocycles. The summed E-state index contributed by atoms with van der Waals surface area (Å²) in [6.45, 7) is 20.0. The summed E-state index contributed by atoms with van der Waals surface area (Å²) in [7, 11) is 0. The predicted molar refractivity (Wildman–Crippen MR) is 306 cm³/mol. The molecule has 0 spiro atoms. The zero-order valence-electron chi connectivity index (χ0n) is 43.1. The van der Waals surface area contributed by atoms with Crippen molar-refractivity contribution >= 4 is 54.5 Å². The quantitative estimate of drug-likeness (QED) is 0.169. The zero-order chi connectivity index (χ0) is 50.6. The van der Waals surface area contributed by atoms with Gasteiger partial charge in [-0.15, -0.1) is 0 Å². The lowest BCUT2D eigenvalue weighted by molar-refractivity contribution is 0.446. The minimum absolute atomic E-state index is 0.104. The Kier molecular flexibility index (Phi) is 10.6. The lowest BCUT2D eigenvalue weighted by atomic mass is 9.79. The van der Waals surface area contributed by atoms with Gasteiger partial charge in [0.2, 0.25) is 0 Å². The number of imidazole rings is 1. The molecule has 0 amide bonds. The van der Waals surface area contributed by atoms with Crippen molar-refractivity contribution < 1.29 is 9.52 Å². The molecule has 0 aliphatic carbocycles. The number of hydrogen-bond acceptors (Lipinski definition) is 4. The van der Waals surface area contributed by atoms with E-state index in [1.807, 2.05) is 12.3 Å². The number of furan rings is 1. The SMILES string of the molecule is CC(C)(C)c1ccc(-n2c(-c3cc(C(C)(C)C)cc(C(C)(C)C)c3O)nc3c(-c4cc(-c5cc(-c6ccccc6)ccn5)cc5c4oc4cc6ccc7ccccc7c6cc45)cccc32)c(-c2ccccc2)c1. The molecule has 73 heavy (non-hydrogen) atoms. The minimum Gasteiger partial charge on any atom is -0.507 e. The van der Waals surface area contributed by atoms with Crippen molar-refractivity contribution in [3.8, 4) is 67.5 Å². The van der Waals surface area contributed by atoms with Gasteiger partial charge in [0.15, 0.2) is 0 Å². The standard InChI is InChI=1S/C68H59N3O2/c1-66(2,3)47-29-30-59(52(37-47)42-21-14-11-15-22-42)71-60-26-18-25-50(62(60)70-65(71)56-38-48(67(4,5)6)39-57(63(56)72)68(7,8)9)54-33-46(58-35-44(31-32-69-58)41-19-12-10-13-20-41)34-55-53-40-51-45(36-61(53)73-64(54)55)28-27-43-23-16-17-24-49(43)51/h10-40,72H,1-9H3. The first kappa shape index (κ1) is 45.8. The molecule has 0 fully saturated rings. The molecule has 0 saturated heterocycles. The van der Waals surface area contributed by atoms with Gasteiger partial charge in [-0.05, 0) is 126 Å².